The summed E-state index contributed by atoms with van der Waals surface area (Å²) in [6.07, 6.45) is 0. The van der Waals surface area contributed by atoms with Gasteiger partial charge in [0.1, 0.15) is 0 Å². The Morgan fingerprint density at radius 3 is 2.60 bits per heavy atom. The molecule has 3 nitrogen and oxygen atoms in total. The summed E-state index contributed by atoms with van der Waals surface area (Å²) in [4.78, 5) is 13.7. The molecule has 0 saturated carbocycles. The topological polar surface area (TPSA) is 46.3 Å². The van der Waals surface area contributed by atoms with E-state index in [9.17, 15) is 4.79 Å². The molecule has 0 spiro atoms. The minimum absolute atomic E-state index is 0.0380. The molecule has 1 aromatic carbocycles. The van der Waals surface area contributed by atoms with E-state index in [-0.39, 0.29) is 11.9 Å². The molecular weight excluding hydrogens is 324 g/mol. The van der Waals surface area contributed by atoms with Crippen molar-refractivity contribution in [2.45, 2.75) is 6.04 Å². The fourth-order valence-electron chi connectivity index (χ4n) is 1.51. The van der Waals surface area contributed by atoms with Crippen molar-refractivity contribution < 1.29 is 4.79 Å². The zero-order valence-corrected chi connectivity index (χ0v) is 11.1. The second-order valence-electron chi connectivity index (χ2n) is 3.59. The molecule has 1 amide bonds. The molecule has 1 fully saturated rings. The van der Waals surface area contributed by atoms with E-state index in [1.54, 1.807) is 11.0 Å². The minimum Gasteiger partial charge on any atom is -0.335 e. The maximum atomic E-state index is 11.9. The quantitative estimate of drug-likeness (QED) is 0.854. The van der Waals surface area contributed by atoms with Crippen LogP contribution in [-0.2, 0) is 0 Å². The highest BCUT2D eigenvalue weighted by molar-refractivity contribution is 9.11. The summed E-state index contributed by atoms with van der Waals surface area (Å²) >= 11 is 6.72. The van der Waals surface area contributed by atoms with Crippen molar-refractivity contribution in [2.24, 2.45) is 5.73 Å². The summed E-state index contributed by atoms with van der Waals surface area (Å²) in [7, 11) is 0. The van der Waals surface area contributed by atoms with Crippen LogP contribution in [0.4, 0.5) is 0 Å². The number of carbonyl (C=O) groups is 1. The van der Waals surface area contributed by atoms with E-state index in [4.69, 9.17) is 5.73 Å². The van der Waals surface area contributed by atoms with Crippen molar-refractivity contribution in [2.75, 3.05) is 13.1 Å². The molecule has 0 aliphatic carbocycles. The molecule has 1 aromatic rings. The Kier molecular flexibility index (Phi) is 3.13. The van der Waals surface area contributed by atoms with E-state index >= 15 is 0 Å². The normalized spacial score (nSPS) is 16.3. The number of benzene rings is 1. The van der Waals surface area contributed by atoms with Gasteiger partial charge in [0.2, 0.25) is 0 Å². The van der Waals surface area contributed by atoms with E-state index in [0.717, 1.165) is 8.95 Å². The zero-order valence-electron chi connectivity index (χ0n) is 7.91. The second kappa shape index (κ2) is 4.23. The van der Waals surface area contributed by atoms with Crippen LogP contribution in [0.2, 0.25) is 0 Å². The van der Waals surface area contributed by atoms with Gasteiger partial charge < -0.3 is 10.6 Å². The monoisotopic (exact) mass is 332 g/mol. The van der Waals surface area contributed by atoms with Crippen LogP contribution in [0.25, 0.3) is 0 Å². The molecule has 2 N–H and O–H groups in total. The van der Waals surface area contributed by atoms with Gasteiger partial charge >= 0.3 is 0 Å². The molecule has 0 aromatic heterocycles. The first-order chi connectivity index (χ1) is 7.08. The third kappa shape index (κ3) is 2.24. The molecule has 1 aliphatic rings. The molecule has 0 atom stereocenters. The van der Waals surface area contributed by atoms with Crippen LogP contribution >= 0.6 is 31.9 Å². The van der Waals surface area contributed by atoms with Crippen LogP contribution in [0, 0.1) is 0 Å². The summed E-state index contributed by atoms with van der Waals surface area (Å²) in [6, 6.07) is 5.67. The van der Waals surface area contributed by atoms with Crippen LogP contribution in [0.15, 0.2) is 27.1 Å². The number of hydrogen-bond acceptors (Lipinski definition) is 2. The van der Waals surface area contributed by atoms with Gasteiger partial charge in [0.25, 0.3) is 5.91 Å². The predicted molar refractivity (Wildman–Crippen MR) is 65.7 cm³/mol. The fourth-order valence-corrected chi connectivity index (χ4v) is 2.73. The molecular formula is C10H10Br2N2O. The highest BCUT2D eigenvalue weighted by atomic mass is 79.9. The molecule has 15 heavy (non-hydrogen) atoms. The molecule has 0 radical (unpaired) electrons. The molecule has 1 heterocycles. The molecule has 0 unspecified atom stereocenters. The predicted octanol–water partition coefficient (Wildman–Crippen LogP) is 1.99. The Hall–Kier alpha value is -0.390. The van der Waals surface area contributed by atoms with Crippen molar-refractivity contribution in [3.8, 4) is 0 Å². The van der Waals surface area contributed by atoms with Crippen molar-refractivity contribution in [3.63, 3.8) is 0 Å². The number of carbonyl (C=O) groups excluding carboxylic acids is 1. The molecule has 0 bridgehead atoms. The van der Waals surface area contributed by atoms with Crippen molar-refractivity contribution in [3.05, 3.63) is 32.7 Å². The van der Waals surface area contributed by atoms with Gasteiger partial charge in [0.15, 0.2) is 0 Å². The van der Waals surface area contributed by atoms with Gasteiger partial charge in [-0.1, -0.05) is 15.9 Å². The number of nitrogens with zero attached hydrogens (tertiary/aromatic N) is 1. The molecule has 5 heteroatoms. The summed E-state index contributed by atoms with van der Waals surface area (Å²) in [6.45, 7) is 1.31. The van der Waals surface area contributed by atoms with Gasteiger partial charge in [0, 0.05) is 28.1 Å². The standard InChI is InChI=1S/C10H10Br2N2O/c11-6-1-2-8(9(12)3-6)10(15)14-4-7(13)5-14/h1-3,7H,4-5,13H2. The zero-order chi connectivity index (χ0) is 11.0. The van der Waals surface area contributed by atoms with E-state index in [0.29, 0.717) is 18.7 Å². The van der Waals surface area contributed by atoms with Gasteiger partial charge in [-0.2, -0.15) is 0 Å². The van der Waals surface area contributed by atoms with Crippen molar-refractivity contribution >= 4 is 37.8 Å². The first-order valence-electron chi connectivity index (χ1n) is 4.58. The van der Waals surface area contributed by atoms with Crippen molar-refractivity contribution in [1.82, 2.24) is 4.90 Å². The maximum Gasteiger partial charge on any atom is 0.255 e. The Balaban J connectivity index is 2.19. The largest absolute Gasteiger partial charge is 0.335 e. The first-order valence-corrected chi connectivity index (χ1v) is 6.16. The van der Waals surface area contributed by atoms with E-state index in [2.05, 4.69) is 31.9 Å². The minimum atomic E-state index is 0.0380. The van der Waals surface area contributed by atoms with E-state index < -0.39 is 0 Å². The van der Waals surface area contributed by atoms with Crippen LogP contribution in [0.1, 0.15) is 10.4 Å². The van der Waals surface area contributed by atoms with Crippen LogP contribution in [0.3, 0.4) is 0 Å². The molecule has 2 rings (SSSR count). The number of nitrogens with two attached hydrogens (primary N) is 1. The fraction of sp³-hybridized carbons (Fsp3) is 0.300. The maximum absolute atomic E-state index is 11.9. The summed E-state index contributed by atoms with van der Waals surface area (Å²) in [5.74, 6) is 0.0380. The SMILES string of the molecule is NC1CN(C(=O)c2ccc(Br)cc2Br)C1. The number of rotatable bonds is 1. The van der Waals surface area contributed by atoms with Gasteiger partial charge in [-0.15, -0.1) is 0 Å². The number of hydrogen-bond donors (Lipinski definition) is 1. The Morgan fingerprint density at radius 2 is 2.07 bits per heavy atom. The second-order valence-corrected chi connectivity index (χ2v) is 5.36. The average molecular weight is 334 g/mol. The number of halogens is 2. The first kappa shape index (κ1) is 11.1. The average Bonchev–Trinajstić information content (AvgIpc) is 2.12. The summed E-state index contributed by atoms with van der Waals surface area (Å²) in [5, 5.41) is 0. The number of likely N-dealkylation sites (tertiary alicyclic amines) is 1. The lowest BCUT2D eigenvalue weighted by molar-refractivity contribution is 0.0607. The lowest BCUT2D eigenvalue weighted by Gasteiger charge is -2.37. The van der Waals surface area contributed by atoms with E-state index in [1.165, 1.54) is 0 Å². The third-order valence-electron chi connectivity index (χ3n) is 2.36. The lowest BCUT2D eigenvalue weighted by atomic mass is 10.1. The smallest absolute Gasteiger partial charge is 0.255 e. The highest BCUT2D eigenvalue weighted by Crippen LogP contribution is 2.24. The third-order valence-corrected chi connectivity index (χ3v) is 3.51. The van der Waals surface area contributed by atoms with E-state index in [1.807, 2.05) is 12.1 Å². The molecule has 1 aliphatic heterocycles. The molecule has 1 saturated heterocycles. The Bertz CT molecular complexity index is 402. The van der Waals surface area contributed by atoms with Gasteiger partial charge in [0.05, 0.1) is 5.56 Å². The van der Waals surface area contributed by atoms with Gasteiger partial charge in [-0.25, -0.2) is 0 Å². The van der Waals surface area contributed by atoms with Crippen LogP contribution in [0.5, 0.6) is 0 Å². The lowest BCUT2D eigenvalue weighted by Crippen LogP contribution is -2.57. The highest BCUT2D eigenvalue weighted by Gasteiger charge is 2.29. The van der Waals surface area contributed by atoms with Gasteiger partial charge in [-0.05, 0) is 34.1 Å². The Labute approximate surface area is 105 Å². The van der Waals surface area contributed by atoms with Crippen LogP contribution in [-0.4, -0.2) is 29.9 Å². The number of amides is 1. The van der Waals surface area contributed by atoms with Crippen LogP contribution < -0.4 is 5.73 Å². The summed E-state index contributed by atoms with van der Waals surface area (Å²) in [5.41, 5.74) is 6.32. The Morgan fingerprint density at radius 1 is 1.40 bits per heavy atom. The van der Waals surface area contributed by atoms with Gasteiger partial charge in [-0.3, -0.25) is 4.79 Å². The molecule has 80 valence electrons. The summed E-state index contributed by atoms with van der Waals surface area (Å²) < 4.78 is 1.76. The van der Waals surface area contributed by atoms with Crippen molar-refractivity contribution in [1.29, 1.82) is 0 Å².